The van der Waals surface area contributed by atoms with Crippen molar-refractivity contribution in [2.24, 2.45) is 0 Å². The van der Waals surface area contributed by atoms with Crippen LogP contribution in [-0.4, -0.2) is 25.6 Å². The molecule has 2 aromatic carbocycles. The fourth-order valence-corrected chi connectivity index (χ4v) is 2.30. The van der Waals surface area contributed by atoms with Crippen LogP contribution in [0, 0.1) is 0 Å². The Morgan fingerprint density at radius 1 is 1.04 bits per heavy atom. The average molecular weight is 381 g/mol. The van der Waals surface area contributed by atoms with E-state index in [1.807, 2.05) is 18.2 Å². The Bertz CT molecular complexity index is 788. The maximum absolute atomic E-state index is 12.5. The average Bonchev–Trinajstić information content (AvgIpc) is 2.64. The summed E-state index contributed by atoms with van der Waals surface area (Å²) >= 11 is 0. The maximum atomic E-state index is 12.5. The Labute approximate surface area is 154 Å². The first-order valence-electron chi connectivity index (χ1n) is 8.04. The third-order valence-electron chi connectivity index (χ3n) is 3.65. The number of hydrogen-bond donors (Lipinski definition) is 1. The van der Waals surface area contributed by atoms with Crippen LogP contribution in [0.3, 0.4) is 0 Å². The van der Waals surface area contributed by atoms with E-state index < -0.39 is 30.2 Å². The van der Waals surface area contributed by atoms with Crippen LogP contribution in [0.5, 0.6) is 5.75 Å². The number of para-hydroxylation sites is 1. The summed E-state index contributed by atoms with van der Waals surface area (Å²) in [5.74, 6) is -0.547. The number of benzene rings is 2. The van der Waals surface area contributed by atoms with E-state index in [1.165, 1.54) is 7.11 Å². The number of aryl methyl sites for hydroxylation is 1. The molecule has 8 heteroatoms. The van der Waals surface area contributed by atoms with Crippen molar-refractivity contribution in [3.63, 3.8) is 0 Å². The number of anilines is 1. The molecule has 0 aliphatic carbocycles. The van der Waals surface area contributed by atoms with Crippen LogP contribution in [0.25, 0.3) is 0 Å². The van der Waals surface area contributed by atoms with Crippen molar-refractivity contribution in [2.45, 2.75) is 19.0 Å². The van der Waals surface area contributed by atoms with Gasteiger partial charge in [0.25, 0.3) is 5.91 Å². The third-order valence-corrected chi connectivity index (χ3v) is 3.65. The number of methoxy groups -OCH3 is 1. The molecule has 5 nitrogen and oxygen atoms in total. The molecule has 0 unspecified atom stereocenters. The molecule has 144 valence electrons. The molecule has 0 heterocycles. The van der Waals surface area contributed by atoms with Gasteiger partial charge in [0.2, 0.25) is 0 Å². The van der Waals surface area contributed by atoms with Gasteiger partial charge in [-0.15, -0.1) is 0 Å². The van der Waals surface area contributed by atoms with Gasteiger partial charge in [0.15, 0.2) is 6.61 Å². The lowest BCUT2D eigenvalue weighted by atomic mass is 10.1. The molecule has 1 amide bonds. The van der Waals surface area contributed by atoms with Gasteiger partial charge in [0, 0.05) is 12.1 Å². The molecule has 1 N–H and O–H groups in total. The highest BCUT2D eigenvalue weighted by molar-refractivity contribution is 5.92. The number of nitrogens with one attached hydrogen (secondary N) is 1. The number of carbonyl (C=O) groups is 2. The van der Waals surface area contributed by atoms with Gasteiger partial charge in [0.05, 0.1) is 12.7 Å². The first-order valence-corrected chi connectivity index (χ1v) is 8.04. The summed E-state index contributed by atoms with van der Waals surface area (Å²) < 4.78 is 47.5. The van der Waals surface area contributed by atoms with Gasteiger partial charge >= 0.3 is 12.1 Å². The van der Waals surface area contributed by atoms with E-state index in [9.17, 15) is 22.8 Å². The molecular weight excluding hydrogens is 363 g/mol. The molecule has 0 bridgehead atoms. The molecule has 0 aromatic heterocycles. The number of hydrogen-bond acceptors (Lipinski definition) is 4. The Kier molecular flexibility index (Phi) is 6.81. The largest absolute Gasteiger partial charge is 0.496 e. The fraction of sp³-hybridized carbons (Fsp3) is 0.263. The van der Waals surface area contributed by atoms with Crippen LogP contribution in [0.2, 0.25) is 0 Å². The van der Waals surface area contributed by atoms with E-state index in [2.05, 4.69) is 5.32 Å². The second-order valence-electron chi connectivity index (χ2n) is 5.60. The van der Waals surface area contributed by atoms with Crippen LogP contribution in [0.1, 0.15) is 17.5 Å². The topological polar surface area (TPSA) is 64.6 Å². The lowest BCUT2D eigenvalue weighted by Gasteiger charge is -2.10. The zero-order valence-electron chi connectivity index (χ0n) is 14.5. The highest BCUT2D eigenvalue weighted by Gasteiger charge is 2.29. The third kappa shape index (κ3) is 6.32. The number of carbonyl (C=O) groups excluding carboxylic acids is 2. The normalized spacial score (nSPS) is 11.0. The van der Waals surface area contributed by atoms with Gasteiger partial charge < -0.3 is 14.8 Å². The molecule has 0 spiro atoms. The van der Waals surface area contributed by atoms with Gasteiger partial charge in [-0.3, -0.25) is 9.59 Å². The Hall–Kier alpha value is -3.03. The number of rotatable bonds is 7. The van der Waals surface area contributed by atoms with Crippen molar-refractivity contribution in [3.8, 4) is 5.75 Å². The predicted octanol–water partition coefficient (Wildman–Crippen LogP) is 3.83. The molecule has 0 radical (unpaired) electrons. The van der Waals surface area contributed by atoms with E-state index in [-0.39, 0.29) is 12.1 Å². The second kappa shape index (κ2) is 9.07. The molecular formula is C19H18F3NO4. The van der Waals surface area contributed by atoms with E-state index in [0.29, 0.717) is 12.2 Å². The van der Waals surface area contributed by atoms with Gasteiger partial charge in [-0.2, -0.15) is 13.2 Å². The van der Waals surface area contributed by atoms with Crippen molar-refractivity contribution < 1.29 is 32.2 Å². The van der Waals surface area contributed by atoms with Crippen molar-refractivity contribution in [1.29, 1.82) is 0 Å². The monoisotopic (exact) mass is 381 g/mol. The SMILES string of the molecule is COc1ccccc1CCC(=O)OCC(=O)Nc1ccc(C(F)(F)F)cc1. The van der Waals surface area contributed by atoms with Crippen LogP contribution < -0.4 is 10.1 Å². The summed E-state index contributed by atoms with van der Waals surface area (Å²) in [6.45, 7) is -0.522. The summed E-state index contributed by atoms with van der Waals surface area (Å²) in [6.07, 6.45) is -3.99. The maximum Gasteiger partial charge on any atom is 0.416 e. The molecule has 0 fully saturated rings. The van der Waals surface area contributed by atoms with E-state index in [4.69, 9.17) is 9.47 Å². The first kappa shape index (κ1) is 20.3. The highest BCUT2D eigenvalue weighted by atomic mass is 19.4. The zero-order valence-corrected chi connectivity index (χ0v) is 14.5. The minimum absolute atomic E-state index is 0.0634. The van der Waals surface area contributed by atoms with Crippen molar-refractivity contribution in [2.75, 3.05) is 19.0 Å². The van der Waals surface area contributed by atoms with Crippen LogP contribution >= 0.6 is 0 Å². The van der Waals surface area contributed by atoms with E-state index in [0.717, 1.165) is 29.8 Å². The number of amides is 1. The number of halogens is 3. The summed E-state index contributed by atoms with van der Waals surface area (Å²) in [6, 6.07) is 11.2. The molecule has 0 saturated carbocycles. The van der Waals surface area contributed by atoms with Crippen molar-refractivity contribution >= 4 is 17.6 Å². The molecule has 27 heavy (non-hydrogen) atoms. The van der Waals surface area contributed by atoms with Gasteiger partial charge in [-0.1, -0.05) is 18.2 Å². The smallest absolute Gasteiger partial charge is 0.416 e. The summed E-state index contributed by atoms with van der Waals surface area (Å²) in [7, 11) is 1.53. The minimum Gasteiger partial charge on any atom is -0.496 e. The second-order valence-corrected chi connectivity index (χ2v) is 5.60. The van der Waals surface area contributed by atoms with Crippen molar-refractivity contribution in [3.05, 3.63) is 59.7 Å². The minimum atomic E-state index is -4.44. The molecule has 0 saturated heterocycles. The standard InChI is InChI=1S/C19H18F3NO4/c1-26-16-5-3-2-4-13(16)6-11-18(25)27-12-17(24)23-15-9-7-14(8-10-15)19(20,21)22/h2-5,7-10H,6,11-12H2,1H3,(H,23,24). The summed E-state index contributed by atoms with van der Waals surface area (Å²) in [4.78, 5) is 23.5. The van der Waals surface area contributed by atoms with Gasteiger partial charge in [0.1, 0.15) is 5.75 Å². The number of alkyl halides is 3. The lowest BCUT2D eigenvalue weighted by molar-refractivity contribution is -0.147. The molecule has 2 aromatic rings. The molecule has 0 aliphatic rings. The summed E-state index contributed by atoms with van der Waals surface area (Å²) in [5, 5.41) is 2.36. The van der Waals surface area contributed by atoms with Crippen molar-refractivity contribution in [1.82, 2.24) is 0 Å². The molecule has 0 aliphatic heterocycles. The number of esters is 1. The highest BCUT2D eigenvalue weighted by Crippen LogP contribution is 2.29. The molecule has 2 rings (SSSR count). The van der Waals surface area contributed by atoms with Gasteiger partial charge in [-0.05, 0) is 42.3 Å². The van der Waals surface area contributed by atoms with E-state index >= 15 is 0 Å². The Morgan fingerprint density at radius 3 is 2.33 bits per heavy atom. The fourth-order valence-electron chi connectivity index (χ4n) is 2.30. The molecule has 0 atom stereocenters. The number of ether oxygens (including phenoxy) is 2. The van der Waals surface area contributed by atoms with Crippen LogP contribution in [-0.2, 0) is 26.9 Å². The summed E-state index contributed by atoms with van der Waals surface area (Å²) in [5.41, 5.74) is 0.201. The Morgan fingerprint density at radius 2 is 1.70 bits per heavy atom. The first-order chi connectivity index (χ1) is 12.8. The quantitative estimate of drug-likeness (QED) is 0.741. The lowest BCUT2D eigenvalue weighted by Crippen LogP contribution is -2.21. The van der Waals surface area contributed by atoms with Crippen LogP contribution in [0.4, 0.5) is 18.9 Å². The van der Waals surface area contributed by atoms with Crippen LogP contribution in [0.15, 0.2) is 48.5 Å². The zero-order chi connectivity index (χ0) is 19.9. The predicted molar refractivity (Wildman–Crippen MR) is 92.3 cm³/mol. The Balaban J connectivity index is 1.77. The van der Waals surface area contributed by atoms with E-state index in [1.54, 1.807) is 6.07 Å². The van der Waals surface area contributed by atoms with Gasteiger partial charge in [-0.25, -0.2) is 0 Å².